The van der Waals surface area contributed by atoms with Crippen LogP contribution in [-0.4, -0.2) is 24.2 Å². The molecule has 4 nitrogen and oxygen atoms in total. The van der Waals surface area contributed by atoms with Crippen molar-refractivity contribution in [3.63, 3.8) is 0 Å². The highest BCUT2D eigenvalue weighted by molar-refractivity contribution is 8.00. The summed E-state index contributed by atoms with van der Waals surface area (Å²) < 4.78 is 5.13. The molecule has 1 N–H and O–H groups in total. The van der Waals surface area contributed by atoms with Gasteiger partial charge in [0, 0.05) is 4.90 Å². The molecule has 0 atom stereocenters. The quantitative estimate of drug-likeness (QED) is 0.511. The molecule has 3 rings (SSSR count). The summed E-state index contributed by atoms with van der Waals surface area (Å²) in [5.74, 6) is -0.387. The van der Waals surface area contributed by atoms with Gasteiger partial charge in [-0.2, -0.15) is 0 Å². The predicted octanol–water partition coefficient (Wildman–Crippen LogP) is 3.79. The number of fused-ring (bicyclic) bond motifs is 1. The third-order valence-electron chi connectivity index (χ3n) is 3.76. The zero-order valence-electron chi connectivity index (χ0n) is 14.2. The van der Waals surface area contributed by atoms with E-state index in [9.17, 15) is 9.59 Å². The van der Waals surface area contributed by atoms with Crippen molar-refractivity contribution in [1.29, 1.82) is 0 Å². The van der Waals surface area contributed by atoms with E-state index in [2.05, 4.69) is 17.4 Å². The molecule has 0 heterocycles. The third-order valence-corrected chi connectivity index (χ3v) is 4.76. The Bertz CT molecular complexity index is 896. The number of rotatable bonds is 7. The van der Waals surface area contributed by atoms with Crippen molar-refractivity contribution >= 4 is 34.4 Å². The van der Waals surface area contributed by atoms with Gasteiger partial charge in [-0.3, -0.25) is 9.59 Å². The van der Waals surface area contributed by atoms with Crippen LogP contribution in [0.2, 0.25) is 0 Å². The van der Waals surface area contributed by atoms with Crippen LogP contribution in [0, 0.1) is 0 Å². The molecule has 26 heavy (non-hydrogen) atoms. The standard InChI is InChI=1S/C21H19NO3S/c23-20(22-13-21(24)25-14-16-6-2-1-3-7-16)15-26-19-11-10-17-8-4-5-9-18(17)12-19/h1-12H,13-15H2,(H,22,23). The second-order valence-corrected chi connectivity index (χ2v) is 6.77. The normalized spacial score (nSPS) is 10.5. The minimum atomic E-state index is -0.446. The van der Waals surface area contributed by atoms with Gasteiger partial charge in [0.25, 0.3) is 0 Å². The molecule has 3 aromatic rings. The van der Waals surface area contributed by atoms with Gasteiger partial charge >= 0.3 is 5.97 Å². The van der Waals surface area contributed by atoms with Gasteiger partial charge < -0.3 is 10.1 Å². The number of thioether (sulfide) groups is 1. The Kier molecular flexibility index (Phi) is 6.28. The average Bonchev–Trinajstić information content (AvgIpc) is 2.69. The monoisotopic (exact) mass is 365 g/mol. The fourth-order valence-corrected chi connectivity index (χ4v) is 3.19. The van der Waals surface area contributed by atoms with Gasteiger partial charge in [0.1, 0.15) is 13.2 Å². The number of carbonyl (C=O) groups excluding carboxylic acids is 2. The number of carbonyl (C=O) groups is 2. The van der Waals surface area contributed by atoms with Crippen LogP contribution in [0.1, 0.15) is 5.56 Å². The number of ether oxygens (including phenoxy) is 1. The van der Waals surface area contributed by atoms with E-state index in [1.807, 2.05) is 60.7 Å². The maximum Gasteiger partial charge on any atom is 0.325 e. The summed E-state index contributed by atoms with van der Waals surface area (Å²) in [5, 5.41) is 4.90. The van der Waals surface area contributed by atoms with E-state index in [0.29, 0.717) is 0 Å². The van der Waals surface area contributed by atoms with Gasteiger partial charge in [0.05, 0.1) is 5.75 Å². The summed E-state index contributed by atoms with van der Waals surface area (Å²) >= 11 is 1.44. The van der Waals surface area contributed by atoms with Crippen molar-refractivity contribution in [2.45, 2.75) is 11.5 Å². The molecule has 0 unspecified atom stereocenters. The number of hydrogen-bond donors (Lipinski definition) is 1. The van der Waals surface area contributed by atoms with Crippen molar-refractivity contribution in [2.75, 3.05) is 12.3 Å². The molecule has 0 spiro atoms. The van der Waals surface area contributed by atoms with Crippen LogP contribution >= 0.6 is 11.8 Å². The molecule has 132 valence electrons. The molecule has 0 aliphatic carbocycles. The summed E-state index contributed by atoms with van der Waals surface area (Å²) in [6.45, 7) is 0.0886. The van der Waals surface area contributed by atoms with Crippen LogP contribution in [0.4, 0.5) is 0 Å². The molecular formula is C21H19NO3S. The third kappa shape index (κ3) is 5.36. The smallest absolute Gasteiger partial charge is 0.325 e. The molecule has 1 amide bonds. The maximum atomic E-state index is 11.9. The number of amides is 1. The average molecular weight is 365 g/mol. The van der Waals surface area contributed by atoms with Crippen molar-refractivity contribution in [3.8, 4) is 0 Å². The van der Waals surface area contributed by atoms with Crippen LogP contribution < -0.4 is 5.32 Å². The Morgan fingerprint density at radius 3 is 2.42 bits per heavy atom. The van der Waals surface area contributed by atoms with E-state index in [1.165, 1.54) is 17.1 Å². The predicted molar refractivity (Wildman–Crippen MR) is 104 cm³/mol. The lowest BCUT2D eigenvalue weighted by Crippen LogP contribution is -2.31. The van der Waals surface area contributed by atoms with Crippen molar-refractivity contribution in [1.82, 2.24) is 5.32 Å². The first kappa shape index (κ1) is 18.0. The summed E-state index contributed by atoms with van der Waals surface area (Å²) in [5.41, 5.74) is 0.916. The molecule has 0 bridgehead atoms. The van der Waals surface area contributed by atoms with Gasteiger partial charge in [-0.25, -0.2) is 0 Å². The molecule has 0 fully saturated rings. The first-order chi connectivity index (χ1) is 12.7. The van der Waals surface area contributed by atoms with Crippen LogP contribution in [0.15, 0.2) is 77.7 Å². The van der Waals surface area contributed by atoms with E-state index in [0.717, 1.165) is 15.8 Å². The van der Waals surface area contributed by atoms with Crippen LogP contribution in [-0.2, 0) is 20.9 Å². The highest BCUT2D eigenvalue weighted by Crippen LogP contribution is 2.23. The zero-order valence-corrected chi connectivity index (χ0v) is 15.0. The molecule has 0 aliphatic rings. The first-order valence-electron chi connectivity index (χ1n) is 8.28. The highest BCUT2D eigenvalue weighted by atomic mass is 32.2. The molecule has 0 saturated heterocycles. The Labute approximate surface area is 156 Å². The fourth-order valence-electron chi connectivity index (χ4n) is 2.42. The molecule has 0 aromatic heterocycles. The van der Waals surface area contributed by atoms with E-state index in [1.54, 1.807) is 0 Å². The number of hydrogen-bond acceptors (Lipinski definition) is 4. The molecular weight excluding hydrogens is 346 g/mol. The van der Waals surface area contributed by atoms with Gasteiger partial charge in [-0.1, -0.05) is 60.7 Å². The van der Waals surface area contributed by atoms with Crippen LogP contribution in [0.3, 0.4) is 0 Å². The Morgan fingerprint density at radius 1 is 0.885 bits per heavy atom. The summed E-state index contributed by atoms with van der Waals surface area (Å²) in [4.78, 5) is 24.6. The highest BCUT2D eigenvalue weighted by Gasteiger charge is 2.08. The van der Waals surface area contributed by atoms with E-state index < -0.39 is 5.97 Å². The van der Waals surface area contributed by atoms with Crippen molar-refractivity contribution < 1.29 is 14.3 Å². The minimum Gasteiger partial charge on any atom is -0.460 e. The van der Waals surface area contributed by atoms with Crippen LogP contribution in [0.25, 0.3) is 10.8 Å². The maximum absolute atomic E-state index is 11.9. The SMILES string of the molecule is O=C(CSc1ccc2ccccc2c1)NCC(=O)OCc1ccccc1. The second kappa shape index (κ2) is 9.06. The second-order valence-electron chi connectivity index (χ2n) is 5.72. The molecule has 5 heteroatoms. The molecule has 0 saturated carbocycles. The first-order valence-corrected chi connectivity index (χ1v) is 9.27. The summed E-state index contributed by atoms with van der Waals surface area (Å²) in [6.07, 6.45) is 0. The molecule has 3 aromatic carbocycles. The van der Waals surface area contributed by atoms with E-state index in [4.69, 9.17) is 4.74 Å². The Balaban J connectivity index is 1.40. The van der Waals surface area contributed by atoms with Gasteiger partial charge in [-0.05, 0) is 28.5 Å². The van der Waals surface area contributed by atoms with Gasteiger partial charge in [0.2, 0.25) is 5.91 Å². The lowest BCUT2D eigenvalue weighted by molar-refractivity contribution is -0.145. The Hall–Kier alpha value is -2.79. The molecule has 0 radical (unpaired) electrons. The van der Waals surface area contributed by atoms with E-state index >= 15 is 0 Å². The van der Waals surface area contributed by atoms with Gasteiger partial charge in [0.15, 0.2) is 0 Å². The number of esters is 1. The van der Waals surface area contributed by atoms with Crippen molar-refractivity contribution in [2.24, 2.45) is 0 Å². The van der Waals surface area contributed by atoms with E-state index in [-0.39, 0.29) is 24.8 Å². The summed E-state index contributed by atoms with van der Waals surface area (Å²) in [7, 11) is 0. The van der Waals surface area contributed by atoms with Crippen LogP contribution in [0.5, 0.6) is 0 Å². The number of nitrogens with one attached hydrogen (secondary N) is 1. The summed E-state index contributed by atoms with van der Waals surface area (Å²) in [6, 6.07) is 23.6. The largest absolute Gasteiger partial charge is 0.460 e. The minimum absolute atomic E-state index is 0.121. The lowest BCUT2D eigenvalue weighted by Gasteiger charge is -2.07. The fraction of sp³-hybridized carbons (Fsp3) is 0.143. The molecule has 0 aliphatic heterocycles. The number of benzene rings is 3. The zero-order chi connectivity index (χ0) is 18.2. The topological polar surface area (TPSA) is 55.4 Å². The Morgan fingerprint density at radius 2 is 1.62 bits per heavy atom. The van der Waals surface area contributed by atoms with Gasteiger partial charge in [-0.15, -0.1) is 11.8 Å². The van der Waals surface area contributed by atoms with Crippen molar-refractivity contribution in [3.05, 3.63) is 78.4 Å². The lowest BCUT2D eigenvalue weighted by atomic mass is 10.1.